The Morgan fingerprint density at radius 2 is 1.92 bits per heavy atom. The standard InChI is InChI=1S/C20H19NO4/c22-18(21-12-13-5-7-14(8-6-13)19(23)24)16-11-20(16)9-10-25-17-4-2-1-3-15(17)20/h1-8,16H,9-12H2,(H,21,22)(H,23,24). The van der Waals surface area contributed by atoms with Crippen molar-refractivity contribution in [2.45, 2.75) is 24.8 Å². The zero-order valence-corrected chi connectivity index (χ0v) is 13.7. The number of hydrogen-bond donors (Lipinski definition) is 2. The van der Waals surface area contributed by atoms with Crippen molar-refractivity contribution in [1.82, 2.24) is 5.32 Å². The minimum atomic E-state index is -0.950. The minimum Gasteiger partial charge on any atom is -0.493 e. The summed E-state index contributed by atoms with van der Waals surface area (Å²) in [7, 11) is 0. The predicted molar refractivity (Wildman–Crippen MR) is 91.6 cm³/mol. The maximum Gasteiger partial charge on any atom is 0.335 e. The van der Waals surface area contributed by atoms with Crippen LogP contribution in [0.25, 0.3) is 0 Å². The number of carboxylic acid groups (broad SMARTS) is 1. The van der Waals surface area contributed by atoms with Crippen LogP contribution in [0.5, 0.6) is 5.75 Å². The van der Waals surface area contributed by atoms with E-state index in [9.17, 15) is 9.59 Å². The molecule has 0 bridgehead atoms. The summed E-state index contributed by atoms with van der Waals surface area (Å²) in [5.74, 6) is -0.0168. The van der Waals surface area contributed by atoms with Crippen molar-refractivity contribution in [1.29, 1.82) is 0 Å². The van der Waals surface area contributed by atoms with E-state index in [-0.39, 0.29) is 22.8 Å². The van der Waals surface area contributed by atoms with Crippen molar-refractivity contribution in [3.05, 3.63) is 65.2 Å². The summed E-state index contributed by atoms with van der Waals surface area (Å²) in [5, 5.41) is 11.9. The number of ether oxygens (including phenoxy) is 1. The molecule has 2 aliphatic rings. The number of carbonyl (C=O) groups is 2. The molecule has 25 heavy (non-hydrogen) atoms. The van der Waals surface area contributed by atoms with Crippen LogP contribution in [0.4, 0.5) is 0 Å². The number of carbonyl (C=O) groups excluding carboxylic acids is 1. The van der Waals surface area contributed by atoms with E-state index >= 15 is 0 Å². The van der Waals surface area contributed by atoms with Gasteiger partial charge in [-0.25, -0.2) is 4.79 Å². The van der Waals surface area contributed by atoms with E-state index in [0.717, 1.165) is 29.7 Å². The van der Waals surface area contributed by atoms with E-state index in [1.165, 1.54) is 0 Å². The van der Waals surface area contributed by atoms with Gasteiger partial charge in [0.25, 0.3) is 0 Å². The SMILES string of the molecule is O=C(O)c1ccc(CNC(=O)C2CC23CCOc2ccccc23)cc1. The van der Waals surface area contributed by atoms with Crippen LogP contribution < -0.4 is 10.1 Å². The average molecular weight is 337 g/mol. The highest BCUT2D eigenvalue weighted by atomic mass is 16.5. The van der Waals surface area contributed by atoms with Gasteiger partial charge >= 0.3 is 5.97 Å². The van der Waals surface area contributed by atoms with Crippen LogP contribution in [0.1, 0.15) is 34.3 Å². The molecule has 2 unspecified atom stereocenters. The lowest BCUT2D eigenvalue weighted by molar-refractivity contribution is -0.123. The normalized spacial score (nSPS) is 23.4. The summed E-state index contributed by atoms with van der Waals surface area (Å²) < 4.78 is 5.71. The number of aromatic carboxylic acids is 1. The van der Waals surface area contributed by atoms with Crippen molar-refractivity contribution in [2.75, 3.05) is 6.61 Å². The maximum atomic E-state index is 12.6. The highest BCUT2D eigenvalue weighted by Crippen LogP contribution is 2.60. The van der Waals surface area contributed by atoms with Crippen LogP contribution in [0.15, 0.2) is 48.5 Å². The van der Waals surface area contributed by atoms with Gasteiger partial charge in [0.15, 0.2) is 0 Å². The Bertz CT molecular complexity index is 830. The number of fused-ring (bicyclic) bond motifs is 2. The molecule has 2 aromatic rings. The van der Waals surface area contributed by atoms with E-state index < -0.39 is 5.97 Å². The molecule has 0 aromatic heterocycles. The van der Waals surface area contributed by atoms with Gasteiger partial charge in [0.2, 0.25) is 5.91 Å². The Balaban J connectivity index is 1.41. The Hall–Kier alpha value is -2.82. The molecule has 1 heterocycles. The van der Waals surface area contributed by atoms with Gasteiger partial charge in [0.1, 0.15) is 5.75 Å². The predicted octanol–water partition coefficient (Wildman–Crippen LogP) is 2.74. The first kappa shape index (κ1) is 15.7. The van der Waals surface area contributed by atoms with E-state index in [0.29, 0.717) is 13.2 Å². The molecule has 1 amide bonds. The third-order valence-electron chi connectivity index (χ3n) is 5.29. The fraction of sp³-hybridized carbons (Fsp3) is 0.300. The summed E-state index contributed by atoms with van der Waals surface area (Å²) in [5.41, 5.74) is 2.20. The van der Waals surface area contributed by atoms with E-state index in [2.05, 4.69) is 11.4 Å². The Morgan fingerprint density at radius 3 is 2.68 bits per heavy atom. The second kappa shape index (κ2) is 5.92. The molecule has 1 aliphatic carbocycles. The smallest absolute Gasteiger partial charge is 0.335 e. The second-order valence-electron chi connectivity index (χ2n) is 6.73. The van der Waals surface area contributed by atoms with Crippen LogP contribution in [-0.2, 0) is 16.8 Å². The molecule has 5 nitrogen and oxygen atoms in total. The number of carboxylic acids is 1. The lowest BCUT2D eigenvalue weighted by Crippen LogP contribution is -2.30. The zero-order valence-electron chi connectivity index (χ0n) is 13.7. The van der Waals surface area contributed by atoms with Gasteiger partial charge in [-0.3, -0.25) is 4.79 Å². The van der Waals surface area contributed by atoms with E-state index in [1.54, 1.807) is 24.3 Å². The summed E-state index contributed by atoms with van der Waals surface area (Å²) in [6.45, 7) is 1.06. The number of rotatable bonds is 4. The molecule has 2 aromatic carbocycles. The third-order valence-corrected chi connectivity index (χ3v) is 5.29. The Morgan fingerprint density at radius 1 is 1.16 bits per heavy atom. The van der Waals surface area contributed by atoms with Gasteiger partial charge in [-0.1, -0.05) is 30.3 Å². The first-order valence-corrected chi connectivity index (χ1v) is 8.42. The number of benzene rings is 2. The second-order valence-corrected chi connectivity index (χ2v) is 6.73. The lowest BCUT2D eigenvalue weighted by Gasteiger charge is -2.26. The van der Waals surface area contributed by atoms with Crippen LogP contribution in [0, 0.1) is 5.92 Å². The molecule has 1 aliphatic heterocycles. The van der Waals surface area contributed by atoms with Gasteiger partial charge in [0.05, 0.1) is 12.2 Å². The largest absolute Gasteiger partial charge is 0.493 e. The average Bonchev–Trinajstić information content (AvgIpc) is 3.35. The molecule has 1 saturated carbocycles. The Labute approximate surface area is 145 Å². The number of amides is 1. The monoisotopic (exact) mass is 337 g/mol. The van der Waals surface area contributed by atoms with Gasteiger partial charge in [-0.15, -0.1) is 0 Å². The van der Waals surface area contributed by atoms with Crippen molar-refractivity contribution >= 4 is 11.9 Å². The molecule has 2 atom stereocenters. The first-order valence-electron chi connectivity index (χ1n) is 8.42. The summed E-state index contributed by atoms with van der Waals surface area (Å²) in [6, 6.07) is 14.5. The maximum absolute atomic E-state index is 12.6. The first-order chi connectivity index (χ1) is 12.1. The van der Waals surface area contributed by atoms with E-state index in [1.807, 2.05) is 18.2 Å². The number of para-hydroxylation sites is 1. The topological polar surface area (TPSA) is 75.6 Å². The quantitative estimate of drug-likeness (QED) is 0.899. The minimum absolute atomic E-state index is 0.0177. The molecular weight excluding hydrogens is 318 g/mol. The van der Waals surface area contributed by atoms with Gasteiger partial charge in [0, 0.05) is 23.4 Å². The summed E-state index contributed by atoms with van der Waals surface area (Å²) in [6.07, 6.45) is 1.73. The Kier molecular flexibility index (Phi) is 3.71. The fourth-order valence-electron chi connectivity index (χ4n) is 3.78. The van der Waals surface area contributed by atoms with E-state index in [4.69, 9.17) is 9.84 Å². The molecule has 128 valence electrons. The summed E-state index contributed by atoms with van der Waals surface area (Å²) in [4.78, 5) is 23.5. The molecular formula is C20H19NO4. The lowest BCUT2D eigenvalue weighted by atomic mass is 9.87. The van der Waals surface area contributed by atoms with Gasteiger partial charge in [-0.2, -0.15) is 0 Å². The molecule has 1 fully saturated rings. The van der Waals surface area contributed by atoms with Crippen LogP contribution in [0.3, 0.4) is 0 Å². The zero-order chi connectivity index (χ0) is 17.4. The highest BCUT2D eigenvalue weighted by molar-refractivity contribution is 5.87. The van der Waals surface area contributed by atoms with Gasteiger partial charge in [-0.05, 0) is 36.6 Å². The molecule has 0 saturated heterocycles. The molecule has 2 N–H and O–H groups in total. The van der Waals surface area contributed by atoms with Crippen molar-refractivity contribution < 1.29 is 19.4 Å². The third kappa shape index (κ3) is 2.76. The molecule has 1 spiro atoms. The van der Waals surface area contributed by atoms with Gasteiger partial charge < -0.3 is 15.2 Å². The molecule has 4 rings (SSSR count). The fourth-order valence-corrected chi connectivity index (χ4v) is 3.78. The van der Waals surface area contributed by atoms with Crippen LogP contribution in [0.2, 0.25) is 0 Å². The number of hydrogen-bond acceptors (Lipinski definition) is 3. The van der Waals surface area contributed by atoms with Crippen molar-refractivity contribution in [3.63, 3.8) is 0 Å². The number of nitrogens with one attached hydrogen (secondary N) is 1. The molecule has 5 heteroatoms. The van der Waals surface area contributed by atoms with Crippen molar-refractivity contribution in [3.8, 4) is 5.75 Å². The molecule has 0 radical (unpaired) electrons. The summed E-state index contributed by atoms with van der Waals surface area (Å²) >= 11 is 0. The van der Waals surface area contributed by atoms with Crippen molar-refractivity contribution in [2.24, 2.45) is 5.92 Å². The van der Waals surface area contributed by atoms with Crippen LogP contribution in [-0.4, -0.2) is 23.6 Å². The highest BCUT2D eigenvalue weighted by Gasteiger charge is 2.60. The van der Waals surface area contributed by atoms with Crippen LogP contribution >= 0.6 is 0 Å².